The Morgan fingerprint density at radius 3 is 2.11 bits per heavy atom. The van der Waals surface area contributed by atoms with Crippen LogP contribution in [0, 0.1) is 0 Å². The molecule has 3 N–H and O–H groups in total. The molecule has 2 rings (SSSR count). The van der Waals surface area contributed by atoms with E-state index in [-0.39, 0.29) is 18.0 Å². The molecule has 0 atom stereocenters. The van der Waals surface area contributed by atoms with E-state index in [9.17, 15) is 9.59 Å². The summed E-state index contributed by atoms with van der Waals surface area (Å²) in [6.07, 6.45) is 5.29. The Bertz CT molecular complexity index is 442. The van der Waals surface area contributed by atoms with Gasteiger partial charge in [0.25, 0.3) is 5.91 Å². The van der Waals surface area contributed by atoms with Gasteiger partial charge in [0.05, 0.1) is 0 Å². The van der Waals surface area contributed by atoms with Crippen LogP contribution in [0.1, 0.15) is 36.0 Å². The van der Waals surface area contributed by atoms with E-state index in [1.165, 1.54) is 0 Å². The van der Waals surface area contributed by atoms with Crippen LogP contribution in [-0.4, -0.2) is 34.2 Å². The summed E-state index contributed by atoms with van der Waals surface area (Å²) >= 11 is 0. The summed E-state index contributed by atoms with van der Waals surface area (Å²) < 4.78 is 0. The molecule has 6 heteroatoms. The standard InChI is InChI=1S/C13H17N3O3/c17-12(9-5-7-14-8-6-9)15-10-1-3-11(4-2-10)16-13(18)19/h5-8,10-11,16H,1-4H2,(H,15,17)(H,18,19). The van der Waals surface area contributed by atoms with Gasteiger partial charge in [0.1, 0.15) is 0 Å². The van der Waals surface area contributed by atoms with Crippen molar-refractivity contribution in [2.75, 3.05) is 0 Å². The molecule has 1 aliphatic rings. The number of carbonyl (C=O) groups excluding carboxylic acids is 1. The van der Waals surface area contributed by atoms with Crippen LogP contribution in [0.25, 0.3) is 0 Å². The van der Waals surface area contributed by atoms with Crippen LogP contribution in [0.5, 0.6) is 0 Å². The van der Waals surface area contributed by atoms with E-state index in [4.69, 9.17) is 5.11 Å². The van der Waals surface area contributed by atoms with Crippen molar-refractivity contribution in [2.24, 2.45) is 0 Å². The Morgan fingerprint density at radius 2 is 1.58 bits per heavy atom. The van der Waals surface area contributed by atoms with Gasteiger partial charge >= 0.3 is 6.09 Å². The molecule has 1 fully saturated rings. The fraction of sp³-hybridized carbons (Fsp3) is 0.462. The second-order valence-electron chi connectivity index (χ2n) is 4.71. The first-order chi connectivity index (χ1) is 9.15. The molecular weight excluding hydrogens is 246 g/mol. The zero-order chi connectivity index (χ0) is 13.7. The number of pyridine rings is 1. The minimum Gasteiger partial charge on any atom is -0.465 e. The van der Waals surface area contributed by atoms with Crippen molar-refractivity contribution in [2.45, 2.75) is 37.8 Å². The molecule has 0 bridgehead atoms. The smallest absolute Gasteiger partial charge is 0.404 e. The van der Waals surface area contributed by atoms with E-state index in [2.05, 4.69) is 15.6 Å². The monoisotopic (exact) mass is 263 g/mol. The van der Waals surface area contributed by atoms with Crippen molar-refractivity contribution in [3.05, 3.63) is 30.1 Å². The van der Waals surface area contributed by atoms with Gasteiger partial charge in [-0.2, -0.15) is 0 Å². The van der Waals surface area contributed by atoms with E-state index < -0.39 is 6.09 Å². The summed E-state index contributed by atoms with van der Waals surface area (Å²) in [6.45, 7) is 0. The summed E-state index contributed by atoms with van der Waals surface area (Å²) in [5.74, 6) is -0.1000. The van der Waals surface area contributed by atoms with Gasteiger partial charge in [-0.25, -0.2) is 4.79 Å². The number of carboxylic acid groups (broad SMARTS) is 1. The van der Waals surface area contributed by atoms with Crippen LogP contribution < -0.4 is 10.6 Å². The summed E-state index contributed by atoms with van der Waals surface area (Å²) in [5, 5.41) is 14.1. The molecule has 1 heterocycles. The Labute approximate surface area is 111 Å². The van der Waals surface area contributed by atoms with Gasteiger partial charge in [-0.05, 0) is 37.8 Å². The molecule has 19 heavy (non-hydrogen) atoms. The average Bonchev–Trinajstić information content (AvgIpc) is 2.41. The van der Waals surface area contributed by atoms with E-state index in [0.717, 1.165) is 25.7 Å². The van der Waals surface area contributed by atoms with Crippen LogP contribution in [0.4, 0.5) is 4.79 Å². The number of hydrogen-bond donors (Lipinski definition) is 3. The zero-order valence-corrected chi connectivity index (χ0v) is 10.5. The lowest BCUT2D eigenvalue weighted by molar-refractivity contribution is 0.0923. The molecule has 0 saturated heterocycles. The Morgan fingerprint density at radius 1 is 1.05 bits per heavy atom. The molecule has 1 aromatic rings. The lowest BCUT2D eigenvalue weighted by atomic mass is 9.91. The highest BCUT2D eigenvalue weighted by Gasteiger charge is 2.23. The maximum Gasteiger partial charge on any atom is 0.404 e. The number of carbonyl (C=O) groups is 2. The molecule has 0 unspecified atom stereocenters. The van der Waals surface area contributed by atoms with E-state index in [0.29, 0.717) is 5.56 Å². The van der Waals surface area contributed by atoms with Gasteiger partial charge in [0.15, 0.2) is 0 Å². The highest BCUT2D eigenvalue weighted by molar-refractivity contribution is 5.94. The van der Waals surface area contributed by atoms with Crippen molar-refractivity contribution in [3.63, 3.8) is 0 Å². The van der Waals surface area contributed by atoms with Crippen LogP contribution in [0.3, 0.4) is 0 Å². The second-order valence-corrected chi connectivity index (χ2v) is 4.71. The molecule has 2 amide bonds. The van der Waals surface area contributed by atoms with E-state index in [1.54, 1.807) is 24.5 Å². The maximum atomic E-state index is 11.9. The fourth-order valence-corrected chi connectivity index (χ4v) is 2.33. The van der Waals surface area contributed by atoms with Crippen LogP contribution in [0.2, 0.25) is 0 Å². The lowest BCUT2D eigenvalue weighted by Gasteiger charge is -2.28. The quantitative estimate of drug-likeness (QED) is 0.768. The number of nitrogens with zero attached hydrogens (tertiary/aromatic N) is 1. The number of amides is 2. The summed E-state index contributed by atoms with van der Waals surface area (Å²) in [5.41, 5.74) is 0.598. The molecule has 6 nitrogen and oxygen atoms in total. The minimum absolute atomic E-state index is 0.00609. The first-order valence-electron chi connectivity index (χ1n) is 6.35. The van der Waals surface area contributed by atoms with Gasteiger partial charge in [-0.3, -0.25) is 9.78 Å². The molecule has 1 aliphatic carbocycles. The Balaban J connectivity index is 1.80. The highest BCUT2D eigenvalue weighted by Crippen LogP contribution is 2.19. The van der Waals surface area contributed by atoms with Gasteiger partial charge in [0.2, 0.25) is 0 Å². The first kappa shape index (κ1) is 13.3. The molecule has 1 aromatic heterocycles. The number of hydrogen-bond acceptors (Lipinski definition) is 3. The summed E-state index contributed by atoms with van der Waals surface area (Å²) in [4.78, 5) is 26.3. The van der Waals surface area contributed by atoms with Gasteiger partial charge in [-0.15, -0.1) is 0 Å². The fourth-order valence-electron chi connectivity index (χ4n) is 2.33. The maximum absolute atomic E-state index is 11.9. The van der Waals surface area contributed by atoms with Gasteiger partial charge < -0.3 is 15.7 Å². The van der Waals surface area contributed by atoms with Crippen molar-refractivity contribution >= 4 is 12.0 Å². The Hall–Kier alpha value is -2.11. The molecule has 1 saturated carbocycles. The summed E-state index contributed by atoms with van der Waals surface area (Å²) in [6, 6.07) is 3.47. The molecular formula is C13H17N3O3. The molecule has 0 spiro atoms. The third-order valence-corrected chi connectivity index (χ3v) is 3.33. The van der Waals surface area contributed by atoms with Gasteiger partial charge in [0, 0.05) is 30.0 Å². The third kappa shape index (κ3) is 3.94. The third-order valence-electron chi connectivity index (χ3n) is 3.33. The van der Waals surface area contributed by atoms with E-state index in [1.807, 2.05) is 0 Å². The van der Waals surface area contributed by atoms with Crippen molar-refractivity contribution in [1.29, 1.82) is 0 Å². The molecule has 0 aliphatic heterocycles. The molecule has 0 radical (unpaired) electrons. The minimum atomic E-state index is -0.982. The normalized spacial score (nSPS) is 22.5. The SMILES string of the molecule is O=C(O)NC1CCC(NC(=O)c2ccncc2)CC1. The predicted octanol–water partition coefficient (Wildman–Crippen LogP) is 1.39. The number of rotatable bonds is 3. The van der Waals surface area contributed by atoms with E-state index >= 15 is 0 Å². The average molecular weight is 263 g/mol. The van der Waals surface area contributed by atoms with Crippen LogP contribution in [0.15, 0.2) is 24.5 Å². The molecule has 0 aromatic carbocycles. The van der Waals surface area contributed by atoms with Crippen LogP contribution in [-0.2, 0) is 0 Å². The first-order valence-corrected chi connectivity index (χ1v) is 6.35. The van der Waals surface area contributed by atoms with Crippen molar-refractivity contribution < 1.29 is 14.7 Å². The largest absolute Gasteiger partial charge is 0.465 e. The number of nitrogens with one attached hydrogen (secondary N) is 2. The summed E-state index contributed by atoms with van der Waals surface area (Å²) in [7, 11) is 0. The topological polar surface area (TPSA) is 91.3 Å². The van der Waals surface area contributed by atoms with Gasteiger partial charge in [-0.1, -0.05) is 0 Å². The van der Waals surface area contributed by atoms with Crippen LogP contribution >= 0.6 is 0 Å². The van der Waals surface area contributed by atoms with Crippen molar-refractivity contribution in [1.82, 2.24) is 15.6 Å². The highest BCUT2D eigenvalue weighted by atomic mass is 16.4. The van der Waals surface area contributed by atoms with Crippen molar-refractivity contribution in [3.8, 4) is 0 Å². The second kappa shape index (κ2) is 6.17. The zero-order valence-electron chi connectivity index (χ0n) is 10.5. The predicted molar refractivity (Wildman–Crippen MR) is 68.9 cm³/mol. The number of aromatic nitrogens is 1. The lowest BCUT2D eigenvalue weighted by Crippen LogP contribution is -2.43. The molecule has 102 valence electrons. The Kier molecular flexibility index (Phi) is 4.33.